The highest BCUT2D eigenvalue weighted by atomic mass is 35.5. The number of halogens is 1. The molecule has 1 aromatic rings. The number of aliphatic imine (C=N–C) groups is 1. The number of rotatable bonds is 10. The average Bonchev–Trinajstić information content (AvgIpc) is 2.79. The Kier molecular flexibility index (Phi) is 14.1. The predicted molar refractivity (Wildman–Crippen MR) is 158 cm³/mol. The Morgan fingerprint density at radius 1 is 0.829 bits per heavy atom. The smallest absolute Gasteiger partial charge is 0.437 e. The Morgan fingerprint density at radius 2 is 1.37 bits per heavy atom. The molecule has 0 spiro atoms. The quantitative estimate of drug-likeness (QED) is 0.117. The van der Waals surface area contributed by atoms with Crippen LogP contribution in [0.3, 0.4) is 0 Å². The van der Waals surface area contributed by atoms with Gasteiger partial charge in [0.2, 0.25) is 5.96 Å². The van der Waals surface area contributed by atoms with Gasteiger partial charge in [0, 0.05) is 13.1 Å². The molecule has 0 atom stereocenters. The molecule has 1 rings (SSSR count). The summed E-state index contributed by atoms with van der Waals surface area (Å²) in [6.07, 6.45) is 3.75. The maximum absolute atomic E-state index is 12.2. The van der Waals surface area contributed by atoms with E-state index in [-0.39, 0.29) is 34.4 Å². The molecule has 1 aromatic heterocycles. The van der Waals surface area contributed by atoms with E-state index in [9.17, 15) is 14.4 Å². The van der Waals surface area contributed by atoms with Gasteiger partial charge in [0.25, 0.3) is 5.91 Å². The number of ether oxygens (including phenoxy) is 2. The molecule has 16 heteroatoms. The number of alkyl carbamates (subject to hydrolysis) is 1. The summed E-state index contributed by atoms with van der Waals surface area (Å²) in [5, 5.41) is 18.3. The van der Waals surface area contributed by atoms with Gasteiger partial charge in [0.05, 0.1) is 0 Å². The molecule has 3 amide bonds. The van der Waals surface area contributed by atoms with Crippen LogP contribution in [0, 0.1) is 5.41 Å². The van der Waals surface area contributed by atoms with Gasteiger partial charge in [-0.1, -0.05) is 37.3 Å². The van der Waals surface area contributed by atoms with Gasteiger partial charge in [-0.3, -0.25) is 20.8 Å². The fraction of sp³-hybridized carbons (Fsp3) is 0.640. The normalized spacial score (nSPS) is 11.8. The van der Waals surface area contributed by atoms with Crippen molar-refractivity contribution in [2.45, 2.75) is 91.3 Å². The third kappa shape index (κ3) is 16.1. The summed E-state index contributed by atoms with van der Waals surface area (Å²) < 4.78 is 10.4. The average molecular weight is 599 g/mol. The first-order valence-corrected chi connectivity index (χ1v) is 13.6. The van der Waals surface area contributed by atoms with Crippen molar-refractivity contribution in [3.8, 4) is 0 Å². The van der Waals surface area contributed by atoms with Crippen LogP contribution in [0.15, 0.2) is 4.99 Å². The third-order valence-corrected chi connectivity index (χ3v) is 5.05. The molecule has 0 aromatic carbocycles. The highest BCUT2D eigenvalue weighted by Gasteiger charge is 2.20. The first kappa shape index (κ1) is 35.1. The van der Waals surface area contributed by atoms with Gasteiger partial charge in [0.1, 0.15) is 11.2 Å². The van der Waals surface area contributed by atoms with E-state index in [1.54, 1.807) is 41.5 Å². The lowest BCUT2D eigenvalue weighted by Crippen LogP contribution is -2.44. The number of nitrogens with zero attached hydrogens (tertiary/aromatic N) is 3. The van der Waals surface area contributed by atoms with Crippen molar-refractivity contribution >= 4 is 53.2 Å². The minimum Gasteiger partial charge on any atom is -0.444 e. The van der Waals surface area contributed by atoms with E-state index < -0.39 is 29.3 Å². The second-order valence-electron chi connectivity index (χ2n) is 11.0. The lowest BCUT2D eigenvalue weighted by Gasteiger charge is -2.21. The van der Waals surface area contributed by atoms with Crippen molar-refractivity contribution in [1.29, 1.82) is 5.41 Å². The van der Waals surface area contributed by atoms with Crippen LogP contribution in [0.25, 0.3) is 0 Å². The molecule has 41 heavy (non-hydrogen) atoms. The van der Waals surface area contributed by atoms with E-state index in [0.717, 1.165) is 38.5 Å². The zero-order chi connectivity index (χ0) is 31.2. The number of nitrogens with two attached hydrogens (primary N) is 2. The lowest BCUT2D eigenvalue weighted by molar-refractivity contribution is 0.0560. The molecular weight excluding hydrogens is 556 g/mol. The van der Waals surface area contributed by atoms with Crippen LogP contribution < -0.4 is 32.7 Å². The molecule has 0 aliphatic carbocycles. The molecular formula is C25H43ClN10O5. The number of hydrogen-bond acceptors (Lipinski definition) is 10. The molecule has 0 aliphatic heterocycles. The van der Waals surface area contributed by atoms with E-state index in [1.807, 2.05) is 0 Å². The second-order valence-corrected chi connectivity index (χ2v) is 11.4. The molecule has 0 aliphatic rings. The van der Waals surface area contributed by atoms with E-state index in [4.69, 9.17) is 38.0 Å². The zero-order valence-corrected chi connectivity index (χ0v) is 25.3. The molecule has 9 N–H and O–H groups in total. The monoisotopic (exact) mass is 598 g/mol. The summed E-state index contributed by atoms with van der Waals surface area (Å²) in [7, 11) is 0. The minimum atomic E-state index is -0.829. The van der Waals surface area contributed by atoms with Crippen LogP contribution in [-0.4, -0.2) is 64.3 Å². The van der Waals surface area contributed by atoms with Crippen molar-refractivity contribution < 1.29 is 23.9 Å². The van der Waals surface area contributed by atoms with Crippen molar-refractivity contribution in [2.24, 2.45) is 4.99 Å². The fourth-order valence-corrected chi connectivity index (χ4v) is 3.22. The lowest BCUT2D eigenvalue weighted by atomic mass is 10.1. The Labute approximate surface area is 245 Å². The van der Waals surface area contributed by atoms with Crippen LogP contribution in [0.5, 0.6) is 0 Å². The van der Waals surface area contributed by atoms with E-state index >= 15 is 0 Å². The highest BCUT2D eigenvalue weighted by molar-refractivity contribution is 6.31. The number of unbranched alkanes of at least 4 members (excludes halogenated alkanes) is 5. The highest BCUT2D eigenvalue weighted by Crippen LogP contribution is 2.17. The first-order chi connectivity index (χ1) is 19.0. The van der Waals surface area contributed by atoms with E-state index in [0.29, 0.717) is 13.1 Å². The largest absolute Gasteiger partial charge is 0.444 e. The number of nitrogen functional groups attached to an aromatic ring is 2. The maximum Gasteiger partial charge on any atom is 0.437 e. The standard InChI is InChI=1S/C25H43ClN10O5/c1-24(2,3)40-22(38)35-21(36-23(39)41-25(4,5)6)31-14-12-10-8-7-9-11-13-30-20(29)34-19(37)15-17(27)33-18(28)16(26)32-15/h7-14H2,1-6H3,(H4,27,28,33)(H3,29,30,34,37)(H2,31,35,36,38,39). The molecule has 0 radical (unpaired) electrons. The summed E-state index contributed by atoms with van der Waals surface area (Å²) in [5.74, 6) is -1.22. The summed E-state index contributed by atoms with van der Waals surface area (Å²) >= 11 is 5.78. The molecule has 0 saturated carbocycles. The van der Waals surface area contributed by atoms with Crippen molar-refractivity contribution in [3.05, 3.63) is 10.8 Å². The predicted octanol–water partition coefficient (Wildman–Crippen LogP) is 3.29. The number of nitrogens with one attached hydrogen (secondary N) is 5. The SMILES string of the molecule is CC(C)(C)OC(=O)/N=C(\NCCCCCCCCNC(=N)NC(=O)c1nc(Cl)c(N)nc1N)NC(=O)OC(C)(C)C. The third-order valence-electron chi connectivity index (χ3n) is 4.77. The van der Waals surface area contributed by atoms with Crippen LogP contribution >= 0.6 is 11.6 Å². The zero-order valence-electron chi connectivity index (χ0n) is 24.6. The van der Waals surface area contributed by atoms with Crippen molar-refractivity contribution in [2.75, 3.05) is 24.6 Å². The van der Waals surface area contributed by atoms with E-state index in [2.05, 4.69) is 36.2 Å². The van der Waals surface area contributed by atoms with Gasteiger partial charge in [-0.15, -0.1) is 4.99 Å². The van der Waals surface area contributed by atoms with Crippen molar-refractivity contribution in [1.82, 2.24) is 31.2 Å². The number of hydrogen-bond donors (Lipinski definition) is 7. The minimum absolute atomic E-state index is 0.0386. The Morgan fingerprint density at radius 3 is 1.93 bits per heavy atom. The summed E-state index contributed by atoms with van der Waals surface area (Å²) in [6, 6.07) is 0. The topological polar surface area (TPSA) is 232 Å². The number of amides is 3. The summed E-state index contributed by atoms with van der Waals surface area (Å²) in [4.78, 5) is 47.8. The molecule has 0 unspecified atom stereocenters. The summed E-state index contributed by atoms with van der Waals surface area (Å²) in [6.45, 7) is 11.3. The fourth-order valence-electron chi connectivity index (χ4n) is 3.09. The Balaban J connectivity index is 2.31. The number of aromatic nitrogens is 2. The van der Waals surface area contributed by atoms with Gasteiger partial charge < -0.3 is 31.6 Å². The van der Waals surface area contributed by atoms with Crippen LogP contribution in [-0.2, 0) is 9.47 Å². The van der Waals surface area contributed by atoms with Crippen LogP contribution in [0.2, 0.25) is 5.15 Å². The summed E-state index contributed by atoms with van der Waals surface area (Å²) in [5.41, 5.74) is 9.49. The maximum atomic E-state index is 12.2. The van der Waals surface area contributed by atoms with E-state index in [1.165, 1.54) is 0 Å². The first-order valence-electron chi connectivity index (χ1n) is 13.2. The number of anilines is 2. The van der Waals surface area contributed by atoms with Gasteiger partial charge in [-0.05, 0) is 54.4 Å². The van der Waals surface area contributed by atoms with Crippen LogP contribution in [0.4, 0.5) is 21.2 Å². The number of carbonyl (C=O) groups is 3. The molecule has 0 bridgehead atoms. The van der Waals surface area contributed by atoms with Gasteiger partial charge >= 0.3 is 12.2 Å². The van der Waals surface area contributed by atoms with Gasteiger partial charge in [-0.25, -0.2) is 19.6 Å². The Bertz CT molecular complexity index is 1100. The second kappa shape index (κ2) is 16.4. The number of guanidine groups is 2. The number of carbonyl (C=O) groups excluding carboxylic acids is 3. The molecule has 15 nitrogen and oxygen atoms in total. The molecule has 1 heterocycles. The molecule has 0 saturated heterocycles. The van der Waals surface area contributed by atoms with Gasteiger partial charge in [0.15, 0.2) is 28.4 Å². The van der Waals surface area contributed by atoms with Gasteiger partial charge in [-0.2, -0.15) is 0 Å². The van der Waals surface area contributed by atoms with Crippen LogP contribution in [0.1, 0.15) is 90.6 Å². The van der Waals surface area contributed by atoms with Crippen molar-refractivity contribution in [3.63, 3.8) is 0 Å². The molecule has 230 valence electrons. The molecule has 0 fully saturated rings. The Hall–Kier alpha value is -3.88.